The Bertz CT molecular complexity index is 413. The van der Waals surface area contributed by atoms with Gasteiger partial charge in [0, 0.05) is 0 Å². The van der Waals surface area contributed by atoms with E-state index >= 15 is 0 Å². The maximum atomic E-state index is 12.4. The van der Waals surface area contributed by atoms with Gasteiger partial charge in [-0.25, -0.2) is 0 Å². The Kier molecular flexibility index (Phi) is 15.8. The Labute approximate surface area is 179 Å². The van der Waals surface area contributed by atoms with Crippen molar-refractivity contribution in [2.75, 3.05) is 27.7 Å². The van der Waals surface area contributed by atoms with Gasteiger partial charge in [-0.1, -0.05) is 98.8 Å². The van der Waals surface area contributed by atoms with Crippen LogP contribution in [0.1, 0.15) is 84.0 Å². The molecule has 27 heavy (non-hydrogen) atoms. The molecule has 160 valence electrons. The second kappa shape index (κ2) is 15.8. The fraction of sp³-hybridized carbons (Fsp3) is 0.905. The standard InChI is InChI=1S/C21H40BrNO3S/c1-5-6-7-8-9-10-11-12-13-14-15-19(22)21(26)27-18(16-20(24)25)17-23(2,3)4/h18-19H,5-17H2,1-4H3/p+1. The number of aliphatic carboxylic acids is 1. The molecule has 2 atom stereocenters. The van der Waals surface area contributed by atoms with E-state index in [-0.39, 0.29) is 21.6 Å². The highest BCUT2D eigenvalue weighted by atomic mass is 79.9. The largest absolute Gasteiger partial charge is 0.481 e. The van der Waals surface area contributed by atoms with E-state index in [4.69, 9.17) is 5.11 Å². The summed E-state index contributed by atoms with van der Waals surface area (Å²) in [6.07, 6.45) is 13.7. The molecule has 0 aliphatic heterocycles. The molecule has 2 unspecified atom stereocenters. The van der Waals surface area contributed by atoms with Crippen molar-refractivity contribution < 1.29 is 19.2 Å². The molecule has 0 saturated carbocycles. The number of halogens is 1. The third-order valence-corrected chi connectivity index (χ3v) is 6.85. The molecule has 0 amide bonds. The first kappa shape index (κ1) is 26.9. The second-order valence-corrected chi connectivity index (χ2v) is 11.0. The van der Waals surface area contributed by atoms with Crippen LogP contribution in [0.2, 0.25) is 0 Å². The van der Waals surface area contributed by atoms with Crippen LogP contribution in [0, 0.1) is 0 Å². The minimum Gasteiger partial charge on any atom is -0.481 e. The fourth-order valence-electron chi connectivity index (χ4n) is 3.12. The summed E-state index contributed by atoms with van der Waals surface area (Å²) < 4.78 is 0.656. The molecule has 0 rings (SSSR count). The average Bonchev–Trinajstić information content (AvgIpc) is 2.54. The van der Waals surface area contributed by atoms with Gasteiger partial charge in [-0.3, -0.25) is 9.59 Å². The summed E-state index contributed by atoms with van der Waals surface area (Å²) in [6.45, 7) is 2.91. The van der Waals surface area contributed by atoms with Crippen molar-refractivity contribution in [2.45, 2.75) is 94.1 Å². The highest BCUT2D eigenvalue weighted by Crippen LogP contribution is 2.25. The monoisotopic (exact) mass is 466 g/mol. The molecule has 0 aromatic rings. The Hall–Kier alpha value is -0.0700. The van der Waals surface area contributed by atoms with Crippen molar-refractivity contribution in [3.8, 4) is 0 Å². The number of carboxylic acids is 1. The van der Waals surface area contributed by atoms with E-state index in [0.29, 0.717) is 11.0 Å². The number of carboxylic acid groups (broad SMARTS) is 1. The van der Waals surface area contributed by atoms with E-state index in [1.165, 1.54) is 69.5 Å². The number of thioether (sulfide) groups is 1. The van der Waals surface area contributed by atoms with Gasteiger partial charge in [0.15, 0.2) is 0 Å². The van der Waals surface area contributed by atoms with Crippen LogP contribution in [-0.4, -0.2) is 58.4 Å². The van der Waals surface area contributed by atoms with Crippen LogP contribution in [-0.2, 0) is 9.59 Å². The van der Waals surface area contributed by atoms with Crippen LogP contribution in [0.4, 0.5) is 0 Å². The quantitative estimate of drug-likeness (QED) is 0.165. The number of hydrogen-bond acceptors (Lipinski definition) is 3. The van der Waals surface area contributed by atoms with Gasteiger partial charge in [0.25, 0.3) is 0 Å². The van der Waals surface area contributed by atoms with Gasteiger partial charge in [0.05, 0.1) is 44.2 Å². The molecular formula is C21H41BrNO3S+. The molecule has 0 aromatic heterocycles. The highest BCUT2D eigenvalue weighted by molar-refractivity contribution is 9.10. The molecule has 0 spiro atoms. The lowest BCUT2D eigenvalue weighted by atomic mass is 10.1. The van der Waals surface area contributed by atoms with Crippen LogP contribution in [0.3, 0.4) is 0 Å². The molecule has 0 radical (unpaired) electrons. The zero-order valence-electron chi connectivity index (χ0n) is 17.8. The van der Waals surface area contributed by atoms with E-state index in [1.54, 1.807) is 0 Å². The van der Waals surface area contributed by atoms with Crippen LogP contribution in [0.5, 0.6) is 0 Å². The fourth-order valence-corrected chi connectivity index (χ4v) is 5.11. The number of rotatable bonds is 17. The van der Waals surface area contributed by atoms with E-state index in [9.17, 15) is 9.59 Å². The number of alkyl halides is 1. The van der Waals surface area contributed by atoms with Gasteiger partial charge >= 0.3 is 5.97 Å². The first-order valence-corrected chi connectivity index (χ1v) is 12.3. The van der Waals surface area contributed by atoms with Crippen molar-refractivity contribution in [1.29, 1.82) is 0 Å². The number of nitrogens with zero attached hydrogens (tertiary/aromatic N) is 1. The maximum Gasteiger partial charge on any atom is 0.304 e. The number of hydrogen-bond donors (Lipinski definition) is 1. The van der Waals surface area contributed by atoms with Gasteiger partial charge in [0.2, 0.25) is 5.12 Å². The van der Waals surface area contributed by atoms with Crippen LogP contribution < -0.4 is 0 Å². The van der Waals surface area contributed by atoms with Crippen LogP contribution in [0.25, 0.3) is 0 Å². The number of carbonyl (C=O) groups excluding carboxylic acids is 1. The van der Waals surface area contributed by atoms with Gasteiger partial charge < -0.3 is 9.59 Å². The SMILES string of the molecule is CCCCCCCCCCCCC(Br)C(=O)SC(CC(=O)O)C[N+](C)(C)C. The summed E-state index contributed by atoms with van der Waals surface area (Å²) in [7, 11) is 6.07. The Morgan fingerprint density at radius 1 is 0.926 bits per heavy atom. The topological polar surface area (TPSA) is 54.4 Å². The lowest BCUT2D eigenvalue weighted by molar-refractivity contribution is -0.869. The summed E-state index contributed by atoms with van der Waals surface area (Å²) in [6, 6.07) is 0. The van der Waals surface area contributed by atoms with Gasteiger partial charge in [-0.15, -0.1) is 0 Å². The average molecular weight is 468 g/mol. The first-order valence-electron chi connectivity index (χ1n) is 10.5. The minimum atomic E-state index is -0.838. The molecule has 0 aliphatic rings. The molecule has 0 saturated heterocycles. The number of carbonyl (C=O) groups is 2. The van der Waals surface area contributed by atoms with Crippen molar-refractivity contribution in [3.05, 3.63) is 0 Å². The van der Waals surface area contributed by atoms with Crippen molar-refractivity contribution in [2.24, 2.45) is 0 Å². The summed E-state index contributed by atoms with van der Waals surface area (Å²) >= 11 is 4.72. The Morgan fingerprint density at radius 3 is 1.85 bits per heavy atom. The summed E-state index contributed by atoms with van der Waals surface area (Å²) in [5, 5.41) is 8.99. The lowest BCUT2D eigenvalue weighted by Crippen LogP contribution is -2.41. The van der Waals surface area contributed by atoms with Gasteiger partial charge in [-0.05, 0) is 6.42 Å². The molecule has 0 fully saturated rings. The minimum absolute atomic E-state index is 0.0316. The Balaban J connectivity index is 3.93. The third-order valence-electron chi connectivity index (χ3n) is 4.50. The van der Waals surface area contributed by atoms with Crippen LogP contribution in [0.15, 0.2) is 0 Å². The van der Waals surface area contributed by atoms with Gasteiger partial charge in [-0.2, -0.15) is 0 Å². The molecule has 4 nitrogen and oxygen atoms in total. The zero-order chi connectivity index (χ0) is 20.7. The summed E-state index contributed by atoms with van der Waals surface area (Å²) in [5.74, 6) is -0.838. The van der Waals surface area contributed by atoms with Crippen molar-refractivity contribution >= 4 is 38.8 Å². The molecular weight excluding hydrogens is 426 g/mol. The maximum absolute atomic E-state index is 12.4. The predicted molar refractivity (Wildman–Crippen MR) is 121 cm³/mol. The predicted octanol–water partition coefficient (Wildman–Crippen LogP) is 5.87. The van der Waals surface area contributed by atoms with E-state index in [0.717, 1.165) is 12.8 Å². The molecule has 1 N–H and O–H groups in total. The summed E-state index contributed by atoms with van der Waals surface area (Å²) in [5.41, 5.74) is 0. The summed E-state index contributed by atoms with van der Waals surface area (Å²) in [4.78, 5) is 23.3. The zero-order valence-corrected chi connectivity index (χ0v) is 20.2. The Morgan fingerprint density at radius 2 is 1.41 bits per heavy atom. The molecule has 0 heterocycles. The normalized spacial score (nSPS) is 14.1. The number of quaternary nitrogens is 1. The van der Waals surface area contributed by atoms with E-state index in [2.05, 4.69) is 22.9 Å². The smallest absolute Gasteiger partial charge is 0.304 e. The molecule has 0 aromatic carbocycles. The first-order chi connectivity index (χ1) is 12.7. The third kappa shape index (κ3) is 17.7. The number of unbranched alkanes of at least 4 members (excludes halogenated alkanes) is 9. The van der Waals surface area contributed by atoms with Gasteiger partial charge in [0.1, 0.15) is 0 Å². The van der Waals surface area contributed by atoms with Crippen molar-refractivity contribution in [1.82, 2.24) is 0 Å². The molecule has 6 heteroatoms. The lowest BCUT2D eigenvalue weighted by Gasteiger charge is -2.28. The molecule has 0 bridgehead atoms. The van der Waals surface area contributed by atoms with Crippen molar-refractivity contribution in [3.63, 3.8) is 0 Å². The second-order valence-electron chi connectivity index (χ2n) is 8.57. The van der Waals surface area contributed by atoms with E-state index in [1.807, 2.05) is 21.1 Å². The molecule has 0 aliphatic carbocycles. The highest BCUT2D eigenvalue weighted by Gasteiger charge is 2.27. The van der Waals surface area contributed by atoms with E-state index < -0.39 is 5.97 Å². The van der Waals surface area contributed by atoms with Crippen LogP contribution >= 0.6 is 27.7 Å².